The van der Waals surface area contributed by atoms with Crippen LogP contribution in [0.3, 0.4) is 0 Å². The summed E-state index contributed by atoms with van der Waals surface area (Å²) in [6.07, 6.45) is 2.23. The Bertz CT molecular complexity index is 290. The lowest BCUT2D eigenvalue weighted by Gasteiger charge is -2.16. The summed E-state index contributed by atoms with van der Waals surface area (Å²) in [6.45, 7) is 4.43. The zero-order valence-electron chi connectivity index (χ0n) is 9.23. The van der Waals surface area contributed by atoms with Gasteiger partial charge < -0.3 is 15.6 Å². The van der Waals surface area contributed by atoms with E-state index in [0.29, 0.717) is 25.3 Å². The van der Waals surface area contributed by atoms with E-state index >= 15 is 0 Å². The van der Waals surface area contributed by atoms with Gasteiger partial charge in [0.2, 0.25) is 0 Å². The summed E-state index contributed by atoms with van der Waals surface area (Å²) >= 11 is 0. The van der Waals surface area contributed by atoms with Gasteiger partial charge in [-0.25, -0.2) is 0 Å². The van der Waals surface area contributed by atoms with Gasteiger partial charge in [-0.3, -0.25) is 4.98 Å². The van der Waals surface area contributed by atoms with Crippen LogP contribution in [0, 0.1) is 0 Å². The van der Waals surface area contributed by atoms with Crippen molar-refractivity contribution in [1.82, 2.24) is 4.98 Å². The first-order valence-electron chi connectivity index (χ1n) is 5.01. The molecule has 4 nitrogen and oxygen atoms in total. The average Bonchev–Trinajstić information content (AvgIpc) is 2.17. The molecule has 4 heteroatoms. The predicted octanol–water partition coefficient (Wildman–Crippen LogP) is 1.08. The Labute approximate surface area is 90.1 Å². The van der Waals surface area contributed by atoms with E-state index in [-0.39, 0.29) is 0 Å². The molecule has 0 aromatic carbocycles. The number of nitrogens with two attached hydrogens (primary N) is 1. The summed E-state index contributed by atoms with van der Waals surface area (Å²) in [7, 11) is 0. The Kier molecular flexibility index (Phi) is 4.05. The Hall–Kier alpha value is -1.13. The van der Waals surface area contributed by atoms with Crippen molar-refractivity contribution in [3.63, 3.8) is 0 Å². The van der Waals surface area contributed by atoms with Crippen molar-refractivity contribution in [2.75, 3.05) is 6.61 Å². The highest BCUT2D eigenvalue weighted by atomic mass is 16.5. The topological polar surface area (TPSA) is 68.4 Å². The van der Waals surface area contributed by atoms with Crippen molar-refractivity contribution in [2.45, 2.75) is 32.4 Å². The molecule has 0 fully saturated rings. The first-order chi connectivity index (χ1) is 7.01. The number of ether oxygens (including phenoxy) is 1. The molecule has 0 aliphatic rings. The Balaban J connectivity index is 2.38. The van der Waals surface area contributed by atoms with Gasteiger partial charge >= 0.3 is 0 Å². The van der Waals surface area contributed by atoms with Gasteiger partial charge in [0.05, 0.1) is 24.1 Å². The second kappa shape index (κ2) is 5.09. The molecule has 3 N–H and O–H groups in total. The second-order valence-electron chi connectivity index (χ2n) is 4.10. The van der Waals surface area contributed by atoms with Crippen molar-refractivity contribution in [3.8, 4) is 5.75 Å². The van der Waals surface area contributed by atoms with Gasteiger partial charge in [-0.2, -0.15) is 0 Å². The van der Waals surface area contributed by atoms with E-state index in [1.807, 2.05) is 12.1 Å². The number of aromatic nitrogens is 1. The van der Waals surface area contributed by atoms with Crippen molar-refractivity contribution >= 4 is 0 Å². The molecule has 1 aromatic heterocycles. The fraction of sp³-hybridized carbons (Fsp3) is 0.545. The third-order valence-corrected chi connectivity index (χ3v) is 1.99. The summed E-state index contributed by atoms with van der Waals surface area (Å²) in [6, 6.07) is 3.67. The Morgan fingerprint density at radius 2 is 2.20 bits per heavy atom. The van der Waals surface area contributed by atoms with E-state index < -0.39 is 5.60 Å². The normalized spacial score (nSPS) is 11.5. The van der Waals surface area contributed by atoms with Gasteiger partial charge in [-0.1, -0.05) is 0 Å². The third kappa shape index (κ3) is 4.76. The number of hydrogen-bond acceptors (Lipinski definition) is 4. The van der Waals surface area contributed by atoms with Crippen LogP contribution in [0.15, 0.2) is 18.3 Å². The maximum atomic E-state index is 9.47. The van der Waals surface area contributed by atoms with Crippen LogP contribution in [-0.2, 0) is 6.54 Å². The summed E-state index contributed by atoms with van der Waals surface area (Å²) in [5.41, 5.74) is 5.57. The van der Waals surface area contributed by atoms with E-state index in [2.05, 4.69) is 4.98 Å². The molecule has 0 unspecified atom stereocenters. The molecule has 1 heterocycles. The van der Waals surface area contributed by atoms with Gasteiger partial charge in [-0.15, -0.1) is 0 Å². The second-order valence-corrected chi connectivity index (χ2v) is 4.10. The van der Waals surface area contributed by atoms with Crippen molar-refractivity contribution in [2.24, 2.45) is 5.73 Å². The standard InChI is InChI=1S/C11H18N2O2/c1-11(2,14)5-6-15-10-4-3-9(7-12)13-8-10/h3-4,8,14H,5-7,12H2,1-2H3. The van der Waals surface area contributed by atoms with Gasteiger partial charge in [0.1, 0.15) is 5.75 Å². The summed E-state index contributed by atoms with van der Waals surface area (Å²) < 4.78 is 5.42. The quantitative estimate of drug-likeness (QED) is 0.763. The maximum Gasteiger partial charge on any atom is 0.137 e. The summed E-state index contributed by atoms with van der Waals surface area (Å²) in [4.78, 5) is 4.10. The van der Waals surface area contributed by atoms with Crippen molar-refractivity contribution < 1.29 is 9.84 Å². The monoisotopic (exact) mass is 210 g/mol. The van der Waals surface area contributed by atoms with Gasteiger partial charge in [0.15, 0.2) is 0 Å². The Morgan fingerprint density at radius 3 is 2.67 bits per heavy atom. The summed E-state index contributed by atoms with van der Waals surface area (Å²) in [5, 5.41) is 9.47. The highest BCUT2D eigenvalue weighted by Crippen LogP contribution is 2.12. The van der Waals surface area contributed by atoms with Crippen LogP contribution in [0.5, 0.6) is 5.75 Å². The lowest BCUT2D eigenvalue weighted by molar-refractivity contribution is 0.0553. The molecule has 0 atom stereocenters. The average molecular weight is 210 g/mol. The summed E-state index contributed by atoms with van der Waals surface area (Å²) in [5.74, 6) is 0.705. The molecular formula is C11H18N2O2. The number of hydrogen-bond donors (Lipinski definition) is 2. The van der Waals surface area contributed by atoms with E-state index in [0.717, 1.165) is 5.69 Å². The minimum atomic E-state index is -0.690. The van der Waals surface area contributed by atoms with E-state index in [1.54, 1.807) is 20.0 Å². The zero-order valence-corrected chi connectivity index (χ0v) is 9.23. The molecule has 0 saturated carbocycles. The van der Waals surface area contributed by atoms with Crippen LogP contribution in [0.2, 0.25) is 0 Å². The van der Waals surface area contributed by atoms with Gasteiger partial charge in [0.25, 0.3) is 0 Å². The van der Waals surface area contributed by atoms with Crippen LogP contribution in [0.25, 0.3) is 0 Å². The lowest BCUT2D eigenvalue weighted by atomic mass is 10.1. The molecule has 84 valence electrons. The molecule has 1 aromatic rings. The zero-order chi connectivity index (χ0) is 11.3. The number of rotatable bonds is 5. The fourth-order valence-corrected chi connectivity index (χ4v) is 1.04. The van der Waals surface area contributed by atoms with Gasteiger partial charge in [-0.05, 0) is 26.0 Å². The highest BCUT2D eigenvalue weighted by molar-refractivity contribution is 5.19. The molecule has 0 bridgehead atoms. The largest absolute Gasteiger partial charge is 0.492 e. The molecule has 0 aliphatic heterocycles. The third-order valence-electron chi connectivity index (χ3n) is 1.99. The SMILES string of the molecule is CC(C)(O)CCOc1ccc(CN)nc1. The molecular weight excluding hydrogens is 192 g/mol. The van der Waals surface area contributed by atoms with Crippen LogP contribution < -0.4 is 10.5 Å². The fourth-order valence-electron chi connectivity index (χ4n) is 1.04. The molecule has 15 heavy (non-hydrogen) atoms. The van der Waals surface area contributed by atoms with Crippen LogP contribution in [-0.4, -0.2) is 22.3 Å². The molecule has 0 saturated heterocycles. The number of aliphatic hydroxyl groups is 1. The predicted molar refractivity (Wildman–Crippen MR) is 58.5 cm³/mol. The van der Waals surface area contributed by atoms with Gasteiger partial charge in [0, 0.05) is 13.0 Å². The molecule has 0 amide bonds. The van der Waals surface area contributed by atoms with Crippen LogP contribution in [0.1, 0.15) is 26.0 Å². The number of nitrogens with zero attached hydrogens (tertiary/aromatic N) is 1. The minimum absolute atomic E-state index is 0.434. The van der Waals surface area contributed by atoms with Crippen molar-refractivity contribution in [3.05, 3.63) is 24.0 Å². The molecule has 0 aliphatic carbocycles. The molecule has 1 rings (SSSR count). The molecule has 0 spiro atoms. The lowest BCUT2D eigenvalue weighted by Crippen LogP contribution is -2.21. The van der Waals surface area contributed by atoms with E-state index in [1.165, 1.54) is 0 Å². The Morgan fingerprint density at radius 1 is 1.47 bits per heavy atom. The van der Waals surface area contributed by atoms with Crippen LogP contribution >= 0.6 is 0 Å². The highest BCUT2D eigenvalue weighted by Gasteiger charge is 2.11. The first-order valence-corrected chi connectivity index (χ1v) is 5.01. The van der Waals surface area contributed by atoms with Crippen molar-refractivity contribution in [1.29, 1.82) is 0 Å². The number of pyridine rings is 1. The van der Waals surface area contributed by atoms with Crippen LogP contribution in [0.4, 0.5) is 0 Å². The smallest absolute Gasteiger partial charge is 0.137 e. The van der Waals surface area contributed by atoms with E-state index in [4.69, 9.17) is 10.5 Å². The maximum absolute atomic E-state index is 9.47. The van der Waals surface area contributed by atoms with E-state index in [9.17, 15) is 5.11 Å². The molecule has 0 radical (unpaired) electrons. The minimum Gasteiger partial charge on any atom is -0.492 e. The first kappa shape index (κ1) is 11.9.